The maximum absolute atomic E-state index is 4.52. The molecule has 0 aromatic carbocycles. The van der Waals surface area contributed by atoms with Gasteiger partial charge in [0.2, 0.25) is 5.95 Å². The standard InChI is InChI=1S/C13H18N4S/c1-8(9-3-4-9)7-15-11-10-5-6-18-12(10)17-13(14-2)16-11/h5-6,8-9H,3-4,7H2,1-2H3,(H2,14,15,16,17). The minimum atomic E-state index is 0.687. The molecule has 0 bridgehead atoms. The van der Waals surface area contributed by atoms with Gasteiger partial charge in [-0.15, -0.1) is 11.3 Å². The minimum Gasteiger partial charge on any atom is -0.369 e. The van der Waals surface area contributed by atoms with E-state index in [9.17, 15) is 0 Å². The average Bonchev–Trinajstić information content (AvgIpc) is 3.13. The van der Waals surface area contributed by atoms with Gasteiger partial charge in [0.15, 0.2) is 0 Å². The van der Waals surface area contributed by atoms with Gasteiger partial charge in [-0.3, -0.25) is 0 Å². The number of anilines is 2. The van der Waals surface area contributed by atoms with Gasteiger partial charge in [-0.05, 0) is 36.1 Å². The number of hydrogen-bond donors (Lipinski definition) is 2. The van der Waals surface area contributed by atoms with E-state index in [-0.39, 0.29) is 0 Å². The molecule has 2 aromatic rings. The molecule has 3 rings (SSSR count). The number of nitrogens with zero attached hydrogens (tertiary/aromatic N) is 2. The molecule has 0 saturated heterocycles. The van der Waals surface area contributed by atoms with E-state index in [1.165, 1.54) is 12.8 Å². The molecule has 1 aliphatic carbocycles. The van der Waals surface area contributed by atoms with Crippen LogP contribution in [-0.4, -0.2) is 23.6 Å². The van der Waals surface area contributed by atoms with E-state index in [1.807, 2.05) is 7.05 Å². The van der Waals surface area contributed by atoms with Gasteiger partial charge >= 0.3 is 0 Å². The maximum Gasteiger partial charge on any atom is 0.225 e. The molecule has 0 aliphatic heterocycles. The molecule has 2 aromatic heterocycles. The van der Waals surface area contributed by atoms with Gasteiger partial charge in [0.1, 0.15) is 10.6 Å². The Morgan fingerprint density at radius 2 is 2.28 bits per heavy atom. The van der Waals surface area contributed by atoms with Crippen molar-refractivity contribution in [3.8, 4) is 0 Å². The van der Waals surface area contributed by atoms with Gasteiger partial charge in [-0.2, -0.15) is 4.98 Å². The van der Waals surface area contributed by atoms with Gasteiger partial charge in [0.05, 0.1) is 5.39 Å². The number of aromatic nitrogens is 2. The van der Waals surface area contributed by atoms with Crippen LogP contribution >= 0.6 is 11.3 Å². The third kappa shape index (κ3) is 2.27. The van der Waals surface area contributed by atoms with Crippen molar-refractivity contribution in [1.29, 1.82) is 0 Å². The smallest absolute Gasteiger partial charge is 0.225 e. The van der Waals surface area contributed by atoms with Crippen LogP contribution in [0.2, 0.25) is 0 Å². The summed E-state index contributed by atoms with van der Waals surface area (Å²) in [5.41, 5.74) is 0. The van der Waals surface area contributed by atoms with Crippen molar-refractivity contribution < 1.29 is 0 Å². The lowest BCUT2D eigenvalue weighted by Gasteiger charge is -2.13. The van der Waals surface area contributed by atoms with Crippen LogP contribution in [0.1, 0.15) is 19.8 Å². The monoisotopic (exact) mass is 262 g/mol. The van der Waals surface area contributed by atoms with E-state index in [4.69, 9.17) is 0 Å². The highest BCUT2D eigenvalue weighted by Crippen LogP contribution is 2.36. The first-order chi connectivity index (χ1) is 8.78. The number of rotatable bonds is 5. The Labute approximate surface area is 111 Å². The Morgan fingerprint density at radius 1 is 1.44 bits per heavy atom. The van der Waals surface area contributed by atoms with Gasteiger partial charge in [0, 0.05) is 13.6 Å². The second-order valence-electron chi connectivity index (χ2n) is 4.98. The Balaban J connectivity index is 1.82. The highest BCUT2D eigenvalue weighted by atomic mass is 32.1. The lowest BCUT2D eigenvalue weighted by Crippen LogP contribution is -2.14. The van der Waals surface area contributed by atoms with E-state index < -0.39 is 0 Å². The SMILES string of the molecule is CNc1nc(NCC(C)C2CC2)c2ccsc2n1. The van der Waals surface area contributed by atoms with E-state index >= 15 is 0 Å². The number of fused-ring (bicyclic) bond motifs is 1. The second kappa shape index (κ2) is 4.72. The van der Waals surface area contributed by atoms with E-state index in [1.54, 1.807) is 11.3 Å². The lowest BCUT2D eigenvalue weighted by atomic mass is 10.1. The van der Waals surface area contributed by atoms with Crippen LogP contribution in [-0.2, 0) is 0 Å². The van der Waals surface area contributed by atoms with Gasteiger partial charge in [0.25, 0.3) is 0 Å². The average molecular weight is 262 g/mol. The van der Waals surface area contributed by atoms with Crippen molar-refractivity contribution in [2.75, 3.05) is 24.2 Å². The summed E-state index contributed by atoms with van der Waals surface area (Å²) in [5, 5.41) is 9.69. The van der Waals surface area contributed by atoms with E-state index in [2.05, 4.69) is 39.0 Å². The van der Waals surface area contributed by atoms with Crippen molar-refractivity contribution in [1.82, 2.24) is 9.97 Å². The summed E-state index contributed by atoms with van der Waals surface area (Å²) in [4.78, 5) is 10.00. The largest absolute Gasteiger partial charge is 0.369 e. The Morgan fingerprint density at radius 3 is 3.00 bits per heavy atom. The van der Waals surface area contributed by atoms with Crippen LogP contribution in [0.4, 0.5) is 11.8 Å². The number of nitrogens with one attached hydrogen (secondary N) is 2. The lowest BCUT2D eigenvalue weighted by molar-refractivity contribution is 0.536. The molecule has 2 N–H and O–H groups in total. The highest BCUT2D eigenvalue weighted by Gasteiger charge is 2.27. The van der Waals surface area contributed by atoms with Crippen molar-refractivity contribution in [2.45, 2.75) is 19.8 Å². The molecule has 2 heterocycles. The molecule has 0 radical (unpaired) electrons. The molecule has 0 spiro atoms. The fraction of sp³-hybridized carbons (Fsp3) is 0.538. The maximum atomic E-state index is 4.52. The molecular weight excluding hydrogens is 244 g/mol. The number of hydrogen-bond acceptors (Lipinski definition) is 5. The van der Waals surface area contributed by atoms with Crippen LogP contribution < -0.4 is 10.6 Å². The fourth-order valence-corrected chi connectivity index (χ4v) is 2.96. The third-order valence-electron chi connectivity index (χ3n) is 3.57. The first-order valence-corrected chi connectivity index (χ1v) is 7.32. The highest BCUT2D eigenvalue weighted by molar-refractivity contribution is 7.16. The Hall–Kier alpha value is -1.36. The summed E-state index contributed by atoms with van der Waals surface area (Å²) in [5.74, 6) is 3.29. The van der Waals surface area contributed by atoms with Gasteiger partial charge in [-0.25, -0.2) is 4.98 Å². The van der Waals surface area contributed by atoms with E-state index in [0.717, 1.165) is 34.4 Å². The molecule has 1 saturated carbocycles. The third-order valence-corrected chi connectivity index (χ3v) is 4.37. The number of thiophene rings is 1. The zero-order chi connectivity index (χ0) is 12.5. The summed E-state index contributed by atoms with van der Waals surface area (Å²) in [7, 11) is 1.85. The molecular formula is C13H18N4S. The topological polar surface area (TPSA) is 49.8 Å². The molecule has 1 unspecified atom stereocenters. The minimum absolute atomic E-state index is 0.687. The molecule has 18 heavy (non-hydrogen) atoms. The normalized spacial score (nSPS) is 16.8. The molecule has 1 atom stereocenters. The summed E-state index contributed by atoms with van der Waals surface area (Å²) < 4.78 is 0. The molecule has 4 nitrogen and oxygen atoms in total. The molecule has 0 amide bonds. The quantitative estimate of drug-likeness (QED) is 0.869. The van der Waals surface area contributed by atoms with Crippen molar-refractivity contribution >= 4 is 33.3 Å². The van der Waals surface area contributed by atoms with Gasteiger partial charge in [-0.1, -0.05) is 6.92 Å². The van der Waals surface area contributed by atoms with Crippen molar-refractivity contribution in [2.24, 2.45) is 11.8 Å². The Kier molecular flexibility index (Phi) is 3.07. The van der Waals surface area contributed by atoms with Gasteiger partial charge < -0.3 is 10.6 Å². The van der Waals surface area contributed by atoms with Crippen molar-refractivity contribution in [3.63, 3.8) is 0 Å². The summed E-state index contributed by atoms with van der Waals surface area (Å²) in [6.07, 6.45) is 2.78. The van der Waals surface area contributed by atoms with Crippen LogP contribution in [0.5, 0.6) is 0 Å². The van der Waals surface area contributed by atoms with Crippen LogP contribution in [0.3, 0.4) is 0 Å². The zero-order valence-electron chi connectivity index (χ0n) is 10.7. The molecule has 1 fully saturated rings. The predicted octanol–water partition coefficient (Wildman–Crippen LogP) is 3.19. The Bertz CT molecular complexity index is 547. The molecule has 5 heteroatoms. The molecule has 1 aliphatic rings. The summed E-state index contributed by atoms with van der Waals surface area (Å²) in [6, 6.07) is 2.09. The van der Waals surface area contributed by atoms with Crippen LogP contribution in [0, 0.1) is 11.8 Å². The van der Waals surface area contributed by atoms with Crippen LogP contribution in [0.25, 0.3) is 10.2 Å². The summed E-state index contributed by atoms with van der Waals surface area (Å²) >= 11 is 1.65. The molecule has 96 valence electrons. The second-order valence-corrected chi connectivity index (χ2v) is 5.88. The van der Waals surface area contributed by atoms with Crippen LogP contribution in [0.15, 0.2) is 11.4 Å². The first-order valence-electron chi connectivity index (χ1n) is 6.45. The summed E-state index contributed by atoms with van der Waals surface area (Å²) in [6.45, 7) is 3.31. The fourth-order valence-electron chi connectivity index (χ4n) is 2.19. The predicted molar refractivity (Wildman–Crippen MR) is 77.3 cm³/mol. The van der Waals surface area contributed by atoms with Crippen molar-refractivity contribution in [3.05, 3.63) is 11.4 Å². The van der Waals surface area contributed by atoms with E-state index in [0.29, 0.717) is 5.95 Å². The first kappa shape index (κ1) is 11.7. The zero-order valence-corrected chi connectivity index (χ0v) is 11.5.